The minimum Gasteiger partial charge on any atom is -0.481 e. The van der Waals surface area contributed by atoms with Gasteiger partial charge in [-0.05, 0) is 37.3 Å². The third-order valence-electron chi connectivity index (χ3n) is 4.77. The normalized spacial score (nSPS) is 29.9. The molecule has 1 saturated carbocycles. The molecule has 114 valence electrons. The standard InChI is InChI=1S/C15H26N2O3/c1-10(9-17-6-4-5-7-17)8-16-13(18)11-12(14(19)20)15(11,2)3/h10-12H,4-9H2,1-3H3,(H,16,18)(H,19,20)/t10?,11-,12+/m1/s1. The Morgan fingerprint density at radius 2 is 1.90 bits per heavy atom. The number of aliphatic carboxylic acids is 1. The fraction of sp³-hybridized carbons (Fsp3) is 0.867. The summed E-state index contributed by atoms with van der Waals surface area (Å²) in [5, 5.41) is 12.0. The first-order valence-corrected chi connectivity index (χ1v) is 7.57. The smallest absolute Gasteiger partial charge is 0.307 e. The van der Waals surface area contributed by atoms with Gasteiger partial charge in [-0.25, -0.2) is 0 Å². The summed E-state index contributed by atoms with van der Waals surface area (Å²) in [6.07, 6.45) is 2.55. The van der Waals surface area contributed by atoms with Crippen LogP contribution in [0.2, 0.25) is 0 Å². The van der Waals surface area contributed by atoms with Gasteiger partial charge in [0.2, 0.25) is 5.91 Å². The molecular weight excluding hydrogens is 256 g/mol. The Kier molecular flexibility index (Phi) is 4.37. The molecule has 1 saturated heterocycles. The highest BCUT2D eigenvalue weighted by Gasteiger charge is 2.65. The van der Waals surface area contributed by atoms with Gasteiger partial charge in [-0.2, -0.15) is 0 Å². The predicted octanol–water partition coefficient (Wildman–Crippen LogP) is 1.19. The highest BCUT2D eigenvalue weighted by atomic mass is 16.4. The molecule has 2 aliphatic rings. The molecule has 0 aromatic carbocycles. The maximum Gasteiger partial charge on any atom is 0.307 e. The van der Waals surface area contributed by atoms with Crippen molar-refractivity contribution >= 4 is 11.9 Å². The Bertz CT molecular complexity index is 389. The number of hydrogen-bond acceptors (Lipinski definition) is 3. The van der Waals surface area contributed by atoms with Gasteiger partial charge in [-0.15, -0.1) is 0 Å². The average molecular weight is 282 g/mol. The third-order valence-corrected chi connectivity index (χ3v) is 4.77. The van der Waals surface area contributed by atoms with Crippen LogP contribution in [0.4, 0.5) is 0 Å². The molecule has 3 atom stereocenters. The Morgan fingerprint density at radius 1 is 1.30 bits per heavy atom. The van der Waals surface area contributed by atoms with Crippen LogP contribution < -0.4 is 5.32 Å². The molecule has 2 fully saturated rings. The Morgan fingerprint density at radius 3 is 2.40 bits per heavy atom. The van der Waals surface area contributed by atoms with E-state index in [1.165, 1.54) is 12.8 Å². The molecular formula is C15H26N2O3. The molecule has 2 N–H and O–H groups in total. The van der Waals surface area contributed by atoms with E-state index < -0.39 is 17.3 Å². The Labute approximate surface area is 120 Å². The quantitative estimate of drug-likeness (QED) is 0.768. The van der Waals surface area contributed by atoms with Crippen molar-refractivity contribution in [1.82, 2.24) is 10.2 Å². The van der Waals surface area contributed by atoms with E-state index >= 15 is 0 Å². The van der Waals surface area contributed by atoms with Crippen molar-refractivity contribution in [2.24, 2.45) is 23.2 Å². The number of nitrogens with one attached hydrogen (secondary N) is 1. The molecule has 2 rings (SSSR count). The summed E-state index contributed by atoms with van der Waals surface area (Å²) in [6.45, 7) is 9.80. The van der Waals surface area contributed by atoms with Gasteiger partial charge in [0, 0.05) is 13.1 Å². The third kappa shape index (κ3) is 3.14. The maximum absolute atomic E-state index is 12.1. The number of carbonyl (C=O) groups is 2. The van der Waals surface area contributed by atoms with E-state index in [-0.39, 0.29) is 11.8 Å². The summed E-state index contributed by atoms with van der Waals surface area (Å²) in [5.74, 6) is -1.46. The van der Waals surface area contributed by atoms with Gasteiger partial charge in [-0.1, -0.05) is 20.8 Å². The molecule has 1 amide bonds. The molecule has 1 aliphatic carbocycles. The number of carboxylic acids is 1. The van der Waals surface area contributed by atoms with E-state index in [4.69, 9.17) is 5.11 Å². The van der Waals surface area contributed by atoms with Gasteiger partial charge in [0.25, 0.3) is 0 Å². The van der Waals surface area contributed by atoms with Crippen LogP contribution in [0.15, 0.2) is 0 Å². The van der Waals surface area contributed by atoms with Gasteiger partial charge in [0.15, 0.2) is 0 Å². The summed E-state index contributed by atoms with van der Waals surface area (Å²) in [4.78, 5) is 25.6. The van der Waals surface area contributed by atoms with Gasteiger partial charge >= 0.3 is 5.97 Å². The molecule has 0 aromatic heterocycles. The number of carbonyl (C=O) groups excluding carboxylic acids is 1. The van der Waals surface area contributed by atoms with E-state index in [9.17, 15) is 9.59 Å². The van der Waals surface area contributed by atoms with Gasteiger partial charge in [0.1, 0.15) is 0 Å². The fourth-order valence-corrected chi connectivity index (χ4v) is 3.44. The number of likely N-dealkylation sites (tertiary alicyclic amines) is 1. The number of nitrogens with zero attached hydrogens (tertiary/aromatic N) is 1. The Balaban J connectivity index is 1.74. The van der Waals surface area contributed by atoms with Crippen LogP contribution in [-0.4, -0.2) is 48.1 Å². The predicted molar refractivity (Wildman–Crippen MR) is 76.2 cm³/mol. The van der Waals surface area contributed by atoms with Crippen molar-refractivity contribution in [3.8, 4) is 0 Å². The van der Waals surface area contributed by atoms with E-state index in [0.717, 1.165) is 19.6 Å². The topological polar surface area (TPSA) is 69.6 Å². The molecule has 1 heterocycles. The summed E-state index contributed by atoms with van der Waals surface area (Å²) < 4.78 is 0. The minimum absolute atomic E-state index is 0.101. The fourth-order valence-electron chi connectivity index (χ4n) is 3.44. The second-order valence-corrected chi connectivity index (χ2v) is 6.97. The molecule has 20 heavy (non-hydrogen) atoms. The first-order valence-electron chi connectivity index (χ1n) is 7.57. The first kappa shape index (κ1) is 15.3. The summed E-state index contributed by atoms with van der Waals surface area (Å²) in [6, 6.07) is 0. The molecule has 5 heteroatoms. The highest BCUT2D eigenvalue weighted by molar-refractivity contribution is 5.91. The van der Waals surface area contributed by atoms with Crippen molar-refractivity contribution in [1.29, 1.82) is 0 Å². The lowest BCUT2D eigenvalue weighted by Gasteiger charge is -2.20. The SMILES string of the molecule is CC(CNC(=O)[C@H]1[C@@H](C(=O)O)C1(C)C)CN1CCCC1. The lowest BCUT2D eigenvalue weighted by atomic mass is 10.1. The van der Waals surface area contributed by atoms with E-state index in [2.05, 4.69) is 17.1 Å². The van der Waals surface area contributed by atoms with Gasteiger partial charge < -0.3 is 15.3 Å². The summed E-state index contributed by atoms with van der Waals surface area (Å²) >= 11 is 0. The molecule has 5 nitrogen and oxygen atoms in total. The van der Waals surface area contributed by atoms with Crippen molar-refractivity contribution < 1.29 is 14.7 Å². The van der Waals surface area contributed by atoms with Crippen LogP contribution in [0.1, 0.15) is 33.6 Å². The largest absolute Gasteiger partial charge is 0.481 e. The number of carboxylic acid groups (broad SMARTS) is 1. The number of amides is 1. The molecule has 1 aliphatic heterocycles. The lowest BCUT2D eigenvalue weighted by molar-refractivity contribution is -0.140. The number of rotatable bonds is 6. The molecule has 1 unspecified atom stereocenters. The second kappa shape index (κ2) is 5.72. The molecule has 0 spiro atoms. The first-order chi connectivity index (χ1) is 9.34. The minimum atomic E-state index is -0.861. The average Bonchev–Trinajstić information content (AvgIpc) is 2.73. The van der Waals surface area contributed by atoms with Gasteiger partial charge in [0.05, 0.1) is 11.8 Å². The van der Waals surface area contributed by atoms with Crippen LogP contribution in [-0.2, 0) is 9.59 Å². The van der Waals surface area contributed by atoms with Crippen LogP contribution in [0.25, 0.3) is 0 Å². The Hall–Kier alpha value is -1.10. The van der Waals surface area contributed by atoms with Crippen LogP contribution >= 0.6 is 0 Å². The van der Waals surface area contributed by atoms with Crippen molar-refractivity contribution in [2.45, 2.75) is 33.6 Å². The van der Waals surface area contributed by atoms with E-state index in [1.807, 2.05) is 13.8 Å². The summed E-state index contributed by atoms with van der Waals surface area (Å²) in [7, 11) is 0. The van der Waals surface area contributed by atoms with Gasteiger partial charge in [-0.3, -0.25) is 9.59 Å². The van der Waals surface area contributed by atoms with E-state index in [0.29, 0.717) is 12.5 Å². The van der Waals surface area contributed by atoms with Crippen LogP contribution in [0, 0.1) is 23.2 Å². The zero-order chi connectivity index (χ0) is 14.9. The maximum atomic E-state index is 12.1. The lowest BCUT2D eigenvalue weighted by Crippen LogP contribution is -2.35. The van der Waals surface area contributed by atoms with Crippen molar-refractivity contribution in [2.75, 3.05) is 26.2 Å². The second-order valence-electron chi connectivity index (χ2n) is 6.97. The van der Waals surface area contributed by atoms with Crippen molar-refractivity contribution in [3.63, 3.8) is 0 Å². The van der Waals surface area contributed by atoms with Crippen LogP contribution in [0.3, 0.4) is 0 Å². The zero-order valence-electron chi connectivity index (χ0n) is 12.7. The van der Waals surface area contributed by atoms with Crippen LogP contribution in [0.5, 0.6) is 0 Å². The number of hydrogen-bond donors (Lipinski definition) is 2. The highest BCUT2D eigenvalue weighted by Crippen LogP contribution is 2.58. The monoisotopic (exact) mass is 282 g/mol. The summed E-state index contributed by atoms with van der Waals surface area (Å²) in [5.41, 5.74) is -0.409. The molecule has 0 radical (unpaired) electrons. The molecule has 0 bridgehead atoms. The van der Waals surface area contributed by atoms with Crippen molar-refractivity contribution in [3.05, 3.63) is 0 Å². The molecule has 0 aromatic rings. The zero-order valence-corrected chi connectivity index (χ0v) is 12.7. The van der Waals surface area contributed by atoms with E-state index in [1.54, 1.807) is 0 Å².